The summed E-state index contributed by atoms with van der Waals surface area (Å²) in [5.41, 5.74) is 2.39. The molecule has 2 aromatic carbocycles. The Bertz CT molecular complexity index is 1240. The van der Waals surface area contributed by atoms with Gasteiger partial charge in [-0.2, -0.15) is 0 Å². The third-order valence-electron chi connectivity index (χ3n) is 7.94. The molecule has 1 aliphatic heterocycles. The number of fused-ring (bicyclic) bond motifs is 1. The van der Waals surface area contributed by atoms with E-state index in [0.717, 1.165) is 42.5 Å². The first-order chi connectivity index (χ1) is 17.4. The zero-order chi connectivity index (χ0) is 25.3. The van der Waals surface area contributed by atoms with Crippen molar-refractivity contribution in [1.82, 2.24) is 14.8 Å². The maximum Gasteiger partial charge on any atom is 0.271 e. The first kappa shape index (κ1) is 24.2. The number of rotatable bonds is 6. The largest absolute Gasteiger partial charge is 0.496 e. The summed E-state index contributed by atoms with van der Waals surface area (Å²) in [6.07, 6.45) is 4.19. The average Bonchev–Trinajstić information content (AvgIpc) is 3.32. The molecule has 6 heteroatoms. The van der Waals surface area contributed by atoms with E-state index in [1.807, 2.05) is 78.2 Å². The zero-order valence-electron chi connectivity index (χ0n) is 21.4. The molecule has 1 fully saturated rings. The number of para-hydroxylation sites is 1. The summed E-state index contributed by atoms with van der Waals surface area (Å²) in [4.78, 5) is 29.7. The van der Waals surface area contributed by atoms with Gasteiger partial charge < -0.3 is 19.5 Å². The van der Waals surface area contributed by atoms with Crippen LogP contribution in [0.4, 0.5) is 0 Å². The first-order valence-corrected chi connectivity index (χ1v) is 12.9. The Labute approximate surface area is 213 Å². The van der Waals surface area contributed by atoms with Crippen LogP contribution in [0.3, 0.4) is 0 Å². The number of nitrogens with one attached hydrogen (secondary N) is 1. The number of methoxy groups -OCH3 is 1. The number of aromatic nitrogens is 1. The van der Waals surface area contributed by atoms with E-state index in [9.17, 15) is 9.59 Å². The lowest BCUT2D eigenvalue weighted by atomic mass is 9.86. The van der Waals surface area contributed by atoms with Crippen LogP contribution in [-0.2, 0) is 17.9 Å². The second-order valence-corrected chi connectivity index (χ2v) is 10.5. The van der Waals surface area contributed by atoms with Crippen LogP contribution >= 0.6 is 0 Å². The maximum atomic E-state index is 14.0. The predicted molar refractivity (Wildman–Crippen MR) is 141 cm³/mol. The van der Waals surface area contributed by atoms with Crippen LogP contribution in [0.15, 0.2) is 66.7 Å². The monoisotopic (exact) mass is 485 g/mol. The van der Waals surface area contributed by atoms with E-state index in [-0.39, 0.29) is 17.9 Å². The summed E-state index contributed by atoms with van der Waals surface area (Å²) in [7, 11) is 1.63. The Morgan fingerprint density at radius 2 is 1.64 bits per heavy atom. The summed E-state index contributed by atoms with van der Waals surface area (Å²) in [5, 5.41) is 3.32. The molecule has 1 atom stereocenters. The molecule has 0 bridgehead atoms. The van der Waals surface area contributed by atoms with Crippen LogP contribution in [0.5, 0.6) is 5.75 Å². The summed E-state index contributed by atoms with van der Waals surface area (Å²) >= 11 is 0. The highest BCUT2D eigenvalue weighted by Crippen LogP contribution is 2.36. The fourth-order valence-electron chi connectivity index (χ4n) is 5.63. The molecule has 0 saturated heterocycles. The van der Waals surface area contributed by atoms with Gasteiger partial charge in [-0.3, -0.25) is 9.59 Å². The quantitative estimate of drug-likeness (QED) is 0.517. The van der Waals surface area contributed by atoms with Gasteiger partial charge in [-0.15, -0.1) is 0 Å². The number of ether oxygens (including phenoxy) is 1. The Kier molecular flexibility index (Phi) is 6.61. The van der Waals surface area contributed by atoms with E-state index >= 15 is 0 Å². The standard InChI is InChI=1S/C30H35N3O3/c1-21-13-15-24(16-14-21)31-29(35)30(2)20-32-25(22-9-5-4-6-10-22)17-18-26(32)28(34)33(30)19-23-11-7-8-12-27(23)36-3/h4-12,17-18,21,24H,13-16,19-20H2,1-3H3,(H,31,35)/t21?,24?,30-/m0/s1. The van der Waals surface area contributed by atoms with Crippen molar-refractivity contribution in [1.29, 1.82) is 0 Å². The number of carbonyl (C=O) groups excluding carboxylic acids is 2. The van der Waals surface area contributed by atoms with Crippen LogP contribution in [-0.4, -0.2) is 40.0 Å². The number of benzene rings is 2. The number of carbonyl (C=O) groups is 2. The van der Waals surface area contributed by atoms with E-state index in [2.05, 4.69) is 12.2 Å². The second kappa shape index (κ2) is 9.84. The molecular formula is C30H35N3O3. The number of amides is 2. The van der Waals surface area contributed by atoms with Crippen molar-refractivity contribution < 1.29 is 14.3 Å². The fourth-order valence-corrected chi connectivity index (χ4v) is 5.63. The molecule has 5 rings (SSSR count). The molecule has 1 aromatic heterocycles. The van der Waals surface area contributed by atoms with Gasteiger partial charge in [-0.1, -0.05) is 55.5 Å². The van der Waals surface area contributed by atoms with E-state index in [1.165, 1.54) is 0 Å². The van der Waals surface area contributed by atoms with Gasteiger partial charge in [-0.25, -0.2) is 0 Å². The Balaban J connectivity index is 1.53. The zero-order valence-corrected chi connectivity index (χ0v) is 21.4. The topological polar surface area (TPSA) is 63.6 Å². The van der Waals surface area contributed by atoms with Crippen LogP contribution in [0.25, 0.3) is 11.3 Å². The third-order valence-corrected chi connectivity index (χ3v) is 7.94. The van der Waals surface area contributed by atoms with Crippen molar-refractivity contribution in [2.45, 2.75) is 64.2 Å². The van der Waals surface area contributed by atoms with Crippen LogP contribution in [0.1, 0.15) is 55.6 Å². The summed E-state index contributed by atoms with van der Waals surface area (Å²) in [6, 6.07) is 21.7. The summed E-state index contributed by atoms with van der Waals surface area (Å²) < 4.78 is 7.58. The van der Waals surface area contributed by atoms with Crippen molar-refractivity contribution in [2.75, 3.05) is 7.11 Å². The van der Waals surface area contributed by atoms with Crippen LogP contribution < -0.4 is 10.1 Å². The van der Waals surface area contributed by atoms with Crippen molar-refractivity contribution in [2.24, 2.45) is 5.92 Å². The number of hydrogen-bond donors (Lipinski definition) is 1. The average molecular weight is 486 g/mol. The maximum absolute atomic E-state index is 14.0. The molecule has 3 aromatic rings. The van der Waals surface area contributed by atoms with E-state index in [0.29, 0.717) is 30.5 Å². The summed E-state index contributed by atoms with van der Waals surface area (Å²) in [6.45, 7) is 4.85. The van der Waals surface area contributed by atoms with Crippen molar-refractivity contribution in [3.63, 3.8) is 0 Å². The lowest BCUT2D eigenvalue weighted by molar-refractivity contribution is -0.134. The Morgan fingerprint density at radius 3 is 2.36 bits per heavy atom. The molecule has 6 nitrogen and oxygen atoms in total. The molecule has 0 unspecified atom stereocenters. The van der Waals surface area contributed by atoms with Crippen molar-refractivity contribution in [3.05, 3.63) is 78.0 Å². The minimum atomic E-state index is -1.06. The van der Waals surface area contributed by atoms with Gasteiger partial charge in [0.2, 0.25) is 5.91 Å². The molecule has 1 aliphatic carbocycles. The minimum absolute atomic E-state index is 0.0938. The Morgan fingerprint density at radius 1 is 0.972 bits per heavy atom. The Hall–Kier alpha value is -3.54. The van der Waals surface area contributed by atoms with Gasteiger partial charge in [0.15, 0.2) is 0 Å². The SMILES string of the molecule is COc1ccccc1CN1C(=O)c2ccc(-c3ccccc3)n2C[C@@]1(C)C(=O)NC1CCC(C)CC1. The minimum Gasteiger partial charge on any atom is -0.496 e. The molecule has 0 radical (unpaired) electrons. The van der Waals surface area contributed by atoms with Crippen molar-refractivity contribution >= 4 is 11.8 Å². The molecule has 0 spiro atoms. The molecule has 2 heterocycles. The number of hydrogen-bond acceptors (Lipinski definition) is 3. The fraction of sp³-hybridized carbons (Fsp3) is 0.400. The van der Waals surface area contributed by atoms with E-state index in [4.69, 9.17) is 4.74 Å². The van der Waals surface area contributed by atoms with Gasteiger partial charge in [0.1, 0.15) is 17.0 Å². The van der Waals surface area contributed by atoms with Gasteiger partial charge in [0, 0.05) is 17.3 Å². The molecule has 36 heavy (non-hydrogen) atoms. The lowest BCUT2D eigenvalue weighted by Crippen LogP contribution is -2.64. The summed E-state index contributed by atoms with van der Waals surface area (Å²) in [5.74, 6) is 1.16. The second-order valence-electron chi connectivity index (χ2n) is 10.5. The third kappa shape index (κ3) is 4.41. The van der Waals surface area contributed by atoms with Gasteiger partial charge in [-0.05, 0) is 62.3 Å². The highest BCUT2D eigenvalue weighted by molar-refractivity contribution is 6.00. The van der Waals surface area contributed by atoms with E-state index in [1.54, 1.807) is 12.0 Å². The molecule has 1 N–H and O–H groups in total. The smallest absolute Gasteiger partial charge is 0.271 e. The molecule has 188 valence electrons. The van der Waals surface area contributed by atoms with Crippen molar-refractivity contribution in [3.8, 4) is 17.0 Å². The highest BCUT2D eigenvalue weighted by Gasteiger charge is 2.48. The molecule has 1 saturated carbocycles. The number of nitrogens with zero attached hydrogens (tertiary/aromatic N) is 2. The predicted octanol–water partition coefficient (Wildman–Crippen LogP) is 5.27. The van der Waals surface area contributed by atoms with Crippen LogP contribution in [0, 0.1) is 5.92 Å². The molecule has 2 aliphatic rings. The molecular weight excluding hydrogens is 450 g/mol. The lowest BCUT2D eigenvalue weighted by Gasteiger charge is -2.45. The van der Waals surface area contributed by atoms with E-state index < -0.39 is 5.54 Å². The molecule has 2 amide bonds. The first-order valence-electron chi connectivity index (χ1n) is 12.9. The van der Waals surface area contributed by atoms with Crippen LogP contribution in [0.2, 0.25) is 0 Å². The van der Waals surface area contributed by atoms with Gasteiger partial charge >= 0.3 is 0 Å². The highest BCUT2D eigenvalue weighted by atomic mass is 16.5. The van der Waals surface area contributed by atoms with Gasteiger partial charge in [0.25, 0.3) is 5.91 Å². The van der Waals surface area contributed by atoms with Gasteiger partial charge in [0.05, 0.1) is 20.2 Å². The normalized spacial score (nSPS) is 23.8.